The summed E-state index contributed by atoms with van der Waals surface area (Å²) < 4.78 is 5.62. The Bertz CT molecular complexity index is 331. The standard InChI is InChI=1S/C13H19NO/c1-15-13(8-9-13)12-7-3-2-5-11(12)6-4-10-14/h2-3,5,7H,4,6,8-10,14H2,1H3. The Labute approximate surface area is 91.4 Å². The molecule has 2 nitrogen and oxygen atoms in total. The van der Waals surface area contributed by atoms with Crippen LogP contribution in [0.1, 0.15) is 30.4 Å². The Morgan fingerprint density at radius 3 is 2.67 bits per heavy atom. The third-order valence-electron chi connectivity index (χ3n) is 3.25. The van der Waals surface area contributed by atoms with E-state index in [-0.39, 0.29) is 5.60 Å². The Kier molecular flexibility index (Phi) is 3.08. The Balaban J connectivity index is 2.22. The minimum atomic E-state index is 0.0329. The number of benzene rings is 1. The van der Waals surface area contributed by atoms with E-state index in [0.717, 1.165) is 32.2 Å². The second kappa shape index (κ2) is 4.33. The normalized spacial score (nSPS) is 17.7. The van der Waals surface area contributed by atoms with Gasteiger partial charge in [-0.3, -0.25) is 0 Å². The maximum Gasteiger partial charge on any atom is 0.0932 e. The lowest BCUT2D eigenvalue weighted by Gasteiger charge is -2.18. The summed E-state index contributed by atoms with van der Waals surface area (Å²) in [5.41, 5.74) is 8.37. The minimum Gasteiger partial charge on any atom is -0.374 e. The minimum absolute atomic E-state index is 0.0329. The maximum absolute atomic E-state index is 5.62. The molecule has 1 saturated carbocycles. The van der Waals surface area contributed by atoms with E-state index in [9.17, 15) is 0 Å². The molecule has 0 aromatic heterocycles. The highest BCUT2D eigenvalue weighted by Crippen LogP contribution is 2.49. The topological polar surface area (TPSA) is 35.2 Å². The van der Waals surface area contributed by atoms with Crippen molar-refractivity contribution >= 4 is 0 Å². The molecule has 0 amide bonds. The summed E-state index contributed by atoms with van der Waals surface area (Å²) in [6, 6.07) is 8.59. The van der Waals surface area contributed by atoms with Crippen molar-refractivity contribution in [2.75, 3.05) is 13.7 Å². The molecule has 2 rings (SSSR count). The van der Waals surface area contributed by atoms with Gasteiger partial charge in [0.05, 0.1) is 5.60 Å². The average Bonchev–Trinajstić information content (AvgIpc) is 3.08. The second-order valence-electron chi connectivity index (χ2n) is 4.25. The molecule has 2 heteroatoms. The van der Waals surface area contributed by atoms with E-state index in [0.29, 0.717) is 0 Å². The lowest BCUT2D eigenvalue weighted by atomic mass is 9.97. The van der Waals surface area contributed by atoms with Crippen molar-refractivity contribution in [2.45, 2.75) is 31.3 Å². The van der Waals surface area contributed by atoms with Gasteiger partial charge in [0.15, 0.2) is 0 Å². The van der Waals surface area contributed by atoms with E-state index in [1.54, 1.807) is 0 Å². The number of rotatable bonds is 5. The predicted molar refractivity (Wildman–Crippen MR) is 61.7 cm³/mol. The first-order chi connectivity index (χ1) is 7.32. The first-order valence-corrected chi connectivity index (χ1v) is 5.66. The first kappa shape index (κ1) is 10.7. The van der Waals surface area contributed by atoms with Crippen LogP contribution in [0.15, 0.2) is 24.3 Å². The van der Waals surface area contributed by atoms with Crippen LogP contribution in [0.25, 0.3) is 0 Å². The molecule has 0 radical (unpaired) electrons. The zero-order chi connectivity index (χ0) is 10.7. The SMILES string of the molecule is COC1(c2ccccc2CCCN)CC1. The number of hydrogen-bond donors (Lipinski definition) is 1. The van der Waals surface area contributed by atoms with Crippen molar-refractivity contribution in [3.8, 4) is 0 Å². The van der Waals surface area contributed by atoms with Crippen molar-refractivity contribution < 1.29 is 4.74 Å². The molecule has 0 atom stereocenters. The van der Waals surface area contributed by atoms with Crippen molar-refractivity contribution in [3.05, 3.63) is 35.4 Å². The summed E-state index contributed by atoms with van der Waals surface area (Å²) in [5.74, 6) is 0. The van der Waals surface area contributed by atoms with Gasteiger partial charge in [-0.1, -0.05) is 24.3 Å². The molecular formula is C13H19NO. The lowest BCUT2D eigenvalue weighted by molar-refractivity contribution is 0.0781. The van der Waals surface area contributed by atoms with Gasteiger partial charge in [-0.15, -0.1) is 0 Å². The average molecular weight is 205 g/mol. The van der Waals surface area contributed by atoms with Gasteiger partial charge in [-0.2, -0.15) is 0 Å². The zero-order valence-corrected chi connectivity index (χ0v) is 9.33. The van der Waals surface area contributed by atoms with Gasteiger partial charge in [0.2, 0.25) is 0 Å². The van der Waals surface area contributed by atoms with Gasteiger partial charge in [-0.25, -0.2) is 0 Å². The van der Waals surface area contributed by atoms with Gasteiger partial charge >= 0.3 is 0 Å². The molecule has 1 fully saturated rings. The monoisotopic (exact) mass is 205 g/mol. The molecule has 1 aromatic carbocycles. The molecule has 2 N–H and O–H groups in total. The first-order valence-electron chi connectivity index (χ1n) is 5.66. The molecular weight excluding hydrogens is 186 g/mol. The number of methoxy groups -OCH3 is 1. The molecule has 15 heavy (non-hydrogen) atoms. The van der Waals surface area contributed by atoms with Crippen LogP contribution in [0.2, 0.25) is 0 Å². The highest BCUT2D eigenvalue weighted by molar-refractivity contribution is 5.36. The summed E-state index contributed by atoms with van der Waals surface area (Å²) in [5, 5.41) is 0. The summed E-state index contributed by atoms with van der Waals surface area (Å²) in [4.78, 5) is 0. The third kappa shape index (κ3) is 2.06. The van der Waals surface area contributed by atoms with E-state index in [2.05, 4.69) is 24.3 Å². The highest BCUT2D eigenvalue weighted by Gasteiger charge is 2.45. The van der Waals surface area contributed by atoms with Gasteiger partial charge in [0, 0.05) is 7.11 Å². The van der Waals surface area contributed by atoms with Crippen LogP contribution in [0.4, 0.5) is 0 Å². The van der Waals surface area contributed by atoms with Gasteiger partial charge in [0.1, 0.15) is 0 Å². The summed E-state index contributed by atoms with van der Waals surface area (Å²) in [7, 11) is 1.81. The molecule has 0 heterocycles. The van der Waals surface area contributed by atoms with Crippen LogP contribution in [-0.4, -0.2) is 13.7 Å². The van der Waals surface area contributed by atoms with Crippen LogP contribution in [-0.2, 0) is 16.8 Å². The van der Waals surface area contributed by atoms with Gasteiger partial charge in [-0.05, 0) is 43.4 Å². The van der Waals surface area contributed by atoms with Crippen LogP contribution in [0.5, 0.6) is 0 Å². The fourth-order valence-electron chi connectivity index (χ4n) is 2.17. The third-order valence-corrected chi connectivity index (χ3v) is 3.25. The Hall–Kier alpha value is -0.860. The molecule has 0 unspecified atom stereocenters. The van der Waals surface area contributed by atoms with E-state index in [4.69, 9.17) is 10.5 Å². The van der Waals surface area contributed by atoms with Gasteiger partial charge < -0.3 is 10.5 Å². The molecule has 82 valence electrons. The Morgan fingerprint density at radius 2 is 2.07 bits per heavy atom. The van der Waals surface area contributed by atoms with E-state index in [1.165, 1.54) is 11.1 Å². The number of ether oxygens (including phenoxy) is 1. The van der Waals surface area contributed by atoms with Crippen LogP contribution in [0, 0.1) is 0 Å². The fraction of sp³-hybridized carbons (Fsp3) is 0.538. The number of nitrogens with two attached hydrogens (primary N) is 1. The van der Waals surface area contributed by atoms with Crippen molar-refractivity contribution in [2.24, 2.45) is 5.73 Å². The van der Waals surface area contributed by atoms with E-state index in [1.807, 2.05) is 7.11 Å². The van der Waals surface area contributed by atoms with E-state index >= 15 is 0 Å². The summed E-state index contributed by atoms with van der Waals surface area (Å²) in [6.45, 7) is 0.758. The van der Waals surface area contributed by atoms with E-state index < -0.39 is 0 Å². The maximum atomic E-state index is 5.62. The molecule has 0 bridgehead atoms. The smallest absolute Gasteiger partial charge is 0.0932 e. The fourth-order valence-corrected chi connectivity index (χ4v) is 2.17. The molecule has 1 aromatic rings. The van der Waals surface area contributed by atoms with Crippen LogP contribution < -0.4 is 5.73 Å². The van der Waals surface area contributed by atoms with Crippen LogP contribution in [0.3, 0.4) is 0 Å². The predicted octanol–water partition coefficient (Wildman–Crippen LogP) is 2.21. The molecule has 0 saturated heterocycles. The molecule has 0 aliphatic heterocycles. The number of hydrogen-bond acceptors (Lipinski definition) is 2. The largest absolute Gasteiger partial charge is 0.374 e. The van der Waals surface area contributed by atoms with Crippen LogP contribution >= 0.6 is 0 Å². The second-order valence-corrected chi connectivity index (χ2v) is 4.25. The summed E-state index contributed by atoms with van der Waals surface area (Å²) in [6.07, 6.45) is 4.43. The lowest BCUT2D eigenvalue weighted by Crippen LogP contribution is -2.12. The Morgan fingerprint density at radius 1 is 1.33 bits per heavy atom. The van der Waals surface area contributed by atoms with Crippen molar-refractivity contribution in [1.29, 1.82) is 0 Å². The van der Waals surface area contributed by atoms with Gasteiger partial charge in [0.25, 0.3) is 0 Å². The molecule has 1 aliphatic rings. The quantitative estimate of drug-likeness (QED) is 0.800. The molecule has 1 aliphatic carbocycles. The van der Waals surface area contributed by atoms with Crippen molar-refractivity contribution in [1.82, 2.24) is 0 Å². The van der Waals surface area contributed by atoms with Crippen molar-refractivity contribution in [3.63, 3.8) is 0 Å². The number of aryl methyl sites for hydroxylation is 1. The zero-order valence-electron chi connectivity index (χ0n) is 9.33. The molecule has 0 spiro atoms. The summed E-state index contributed by atoms with van der Waals surface area (Å²) >= 11 is 0. The highest BCUT2D eigenvalue weighted by atomic mass is 16.5.